The van der Waals surface area contributed by atoms with Crippen LogP contribution in [-0.2, 0) is 0 Å². The summed E-state index contributed by atoms with van der Waals surface area (Å²) >= 11 is 0. The predicted octanol–water partition coefficient (Wildman–Crippen LogP) is -0.564. The van der Waals surface area contributed by atoms with E-state index in [1.807, 2.05) is 125 Å². The molecule has 0 fully saturated rings. The minimum absolute atomic E-state index is 2.00. The summed E-state index contributed by atoms with van der Waals surface area (Å²) in [6.07, 6.45) is 0. The first-order valence-corrected chi connectivity index (χ1v) is 6.57. The van der Waals surface area contributed by atoms with Crippen LogP contribution in [0.5, 0.6) is 0 Å². The molecular weight excluding hydrogens is 256 g/mol. The average Bonchev–Trinajstić information content (AvgIpc) is 2.12. The summed E-state index contributed by atoms with van der Waals surface area (Å²) < 4.78 is 0. The van der Waals surface area contributed by atoms with Crippen molar-refractivity contribution in [1.82, 2.24) is 40.5 Å². The van der Waals surface area contributed by atoms with Crippen molar-refractivity contribution >= 4 is 0 Å². The normalized spacial score (nSPS) is 12.6. The zero-order valence-electron chi connectivity index (χ0n) is 15.6. The van der Waals surface area contributed by atoms with Gasteiger partial charge >= 0.3 is 0 Å². The fourth-order valence-corrected chi connectivity index (χ4v) is 2.15. The first-order chi connectivity index (χ1) is 8.93. The molecule has 0 bridgehead atoms. The first kappa shape index (κ1) is 22.0. The van der Waals surface area contributed by atoms with E-state index in [0.717, 1.165) is 0 Å². The molecule has 0 saturated carbocycles. The molecule has 0 aromatic heterocycles. The number of hydrogen-bond acceptors (Lipinski definition) is 8. The van der Waals surface area contributed by atoms with Crippen LogP contribution >= 0.6 is 0 Å². The maximum absolute atomic E-state index is 2.00. The van der Waals surface area contributed by atoms with Gasteiger partial charge in [0, 0.05) is 84.6 Å². The number of nitrogens with zero attached hydrogens (tertiary/aromatic N) is 8. The van der Waals surface area contributed by atoms with Gasteiger partial charge in [0.1, 0.15) is 0 Å². The SMILES string of the molecule is CN(C)N(N(C)C)N(C)C.CN(C)N(N(C)C)N(C)C. The zero-order chi connectivity index (χ0) is 16.6. The van der Waals surface area contributed by atoms with Gasteiger partial charge in [-0.15, -0.1) is 10.5 Å². The van der Waals surface area contributed by atoms with Crippen molar-refractivity contribution < 1.29 is 0 Å². The van der Waals surface area contributed by atoms with Crippen LogP contribution in [0, 0.1) is 0 Å². The molecule has 0 saturated heterocycles. The standard InChI is InChI=1S/2C6H18N4/c2*1-7(2)10(8(3)4)9(5)6/h2*1-6H3. The molecule has 0 N–H and O–H groups in total. The van der Waals surface area contributed by atoms with E-state index in [1.165, 1.54) is 0 Å². The highest BCUT2D eigenvalue weighted by Crippen LogP contribution is 1.95. The van der Waals surface area contributed by atoms with Gasteiger partial charge in [-0.2, -0.15) is 0 Å². The van der Waals surface area contributed by atoms with Crippen LogP contribution in [0.1, 0.15) is 0 Å². The van der Waals surface area contributed by atoms with Crippen molar-refractivity contribution in [3.05, 3.63) is 0 Å². The lowest BCUT2D eigenvalue weighted by Gasteiger charge is -2.38. The predicted molar refractivity (Wildman–Crippen MR) is 85.8 cm³/mol. The highest BCUT2D eigenvalue weighted by molar-refractivity contribution is 4.34. The second-order valence-electron chi connectivity index (χ2n) is 5.62. The highest BCUT2D eigenvalue weighted by Gasteiger charge is 2.11. The number of hydrazine groups is 6. The molecule has 0 aliphatic heterocycles. The number of hydrogen-bond donors (Lipinski definition) is 0. The van der Waals surface area contributed by atoms with Gasteiger partial charge in [-0.3, -0.25) is 0 Å². The topological polar surface area (TPSA) is 25.9 Å². The van der Waals surface area contributed by atoms with E-state index < -0.39 is 0 Å². The van der Waals surface area contributed by atoms with Crippen molar-refractivity contribution in [1.29, 1.82) is 0 Å². The third-order valence-corrected chi connectivity index (χ3v) is 2.15. The van der Waals surface area contributed by atoms with Crippen molar-refractivity contribution in [3.8, 4) is 0 Å². The minimum Gasteiger partial charge on any atom is -0.220 e. The summed E-state index contributed by atoms with van der Waals surface area (Å²) in [7, 11) is 24.0. The third-order valence-electron chi connectivity index (χ3n) is 2.15. The summed E-state index contributed by atoms with van der Waals surface area (Å²) in [5.41, 5.74) is 0. The maximum Gasteiger partial charge on any atom is 0.00427 e. The van der Waals surface area contributed by atoms with Crippen LogP contribution in [0.4, 0.5) is 0 Å². The summed E-state index contributed by atoms with van der Waals surface area (Å²) in [6.45, 7) is 0. The molecule has 20 heavy (non-hydrogen) atoms. The van der Waals surface area contributed by atoms with Gasteiger partial charge in [0.15, 0.2) is 0 Å². The fourth-order valence-electron chi connectivity index (χ4n) is 2.15. The molecule has 8 heteroatoms. The first-order valence-electron chi connectivity index (χ1n) is 6.57. The van der Waals surface area contributed by atoms with Crippen molar-refractivity contribution in [3.63, 3.8) is 0 Å². The molecular formula is C12H36N8. The molecule has 0 aromatic carbocycles. The lowest BCUT2D eigenvalue weighted by atomic mass is 11.0. The number of rotatable bonds is 6. The van der Waals surface area contributed by atoms with Gasteiger partial charge < -0.3 is 0 Å². The van der Waals surface area contributed by atoms with E-state index in [4.69, 9.17) is 0 Å². The molecule has 0 radical (unpaired) electrons. The summed E-state index contributed by atoms with van der Waals surface area (Å²) in [5, 5.41) is 16.0. The lowest BCUT2D eigenvalue weighted by Crippen LogP contribution is -2.53. The molecule has 0 heterocycles. The fraction of sp³-hybridized carbons (Fsp3) is 1.00. The Labute approximate surface area is 126 Å². The van der Waals surface area contributed by atoms with Crippen LogP contribution in [-0.4, -0.2) is 125 Å². The van der Waals surface area contributed by atoms with Crippen LogP contribution in [0.15, 0.2) is 0 Å². The molecule has 0 rings (SSSR count). The Balaban J connectivity index is 0. The van der Waals surface area contributed by atoms with Crippen LogP contribution in [0.25, 0.3) is 0 Å². The minimum atomic E-state index is 2.00. The lowest BCUT2D eigenvalue weighted by molar-refractivity contribution is -0.256. The summed E-state index contributed by atoms with van der Waals surface area (Å²) in [5.74, 6) is 0. The van der Waals surface area contributed by atoms with E-state index >= 15 is 0 Å². The molecule has 0 unspecified atom stereocenters. The Kier molecular flexibility index (Phi) is 11.4. The Bertz CT molecular complexity index is 165. The van der Waals surface area contributed by atoms with Crippen LogP contribution in [0.3, 0.4) is 0 Å². The van der Waals surface area contributed by atoms with E-state index in [-0.39, 0.29) is 0 Å². The highest BCUT2D eigenvalue weighted by atomic mass is 16.0. The zero-order valence-corrected chi connectivity index (χ0v) is 15.6. The monoisotopic (exact) mass is 292 g/mol. The Morgan fingerprint density at radius 1 is 0.250 bits per heavy atom. The molecule has 8 nitrogen and oxygen atoms in total. The van der Waals surface area contributed by atoms with Crippen molar-refractivity contribution in [2.75, 3.05) is 84.6 Å². The van der Waals surface area contributed by atoms with E-state index in [9.17, 15) is 0 Å². The molecule has 124 valence electrons. The Hall–Kier alpha value is -0.320. The second kappa shape index (κ2) is 10.4. The van der Waals surface area contributed by atoms with Gasteiger partial charge in [0.25, 0.3) is 0 Å². The molecule has 0 aromatic rings. The van der Waals surface area contributed by atoms with Crippen LogP contribution < -0.4 is 0 Å². The molecule has 0 amide bonds. The van der Waals surface area contributed by atoms with Crippen molar-refractivity contribution in [2.24, 2.45) is 0 Å². The van der Waals surface area contributed by atoms with Gasteiger partial charge in [-0.25, -0.2) is 30.1 Å². The molecule has 0 aliphatic rings. The largest absolute Gasteiger partial charge is 0.220 e. The van der Waals surface area contributed by atoms with Gasteiger partial charge in [-0.05, 0) is 0 Å². The average molecular weight is 292 g/mol. The van der Waals surface area contributed by atoms with Crippen molar-refractivity contribution in [2.45, 2.75) is 0 Å². The van der Waals surface area contributed by atoms with Gasteiger partial charge in [0.05, 0.1) is 0 Å². The third kappa shape index (κ3) is 8.77. The molecule has 0 atom stereocenters. The Morgan fingerprint density at radius 3 is 0.350 bits per heavy atom. The van der Waals surface area contributed by atoms with E-state index in [0.29, 0.717) is 0 Å². The Morgan fingerprint density at radius 2 is 0.350 bits per heavy atom. The summed E-state index contributed by atoms with van der Waals surface area (Å²) in [6, 6.07) is 0. The van der Waals surface area contributed by atoms with E-state index in [1.54, 1.807) is 0 Å². The van der Waals surface area contributed by atoms with Gasteiger partial charge in [0.2, 0.25) is 0 Å². The quantitative estimate of drug-likeness (QED) is 0.601. The smallest absolute Gasteiger partial charge is 0.00427 e. The maximum atomic E-state index is 2.00. The second-order valence-corrected chi connectivity index (χ2v) is 5.62. The molecule has 0 aliphatic carbocycles. The van der Waals surface area contributed by atoms with Crippen LogP contribution in [0.2, 0.25) is 0 Å². The summed E-state index contributed by atoms with van der Waals surface area (Å²) in [4.78, 5) is 0. The van der Waals surface area contributed by atoms with Gasteiger partial charge in [-0.1, -0.05) is 0 Å². The van der Waals surface area contributed by atoms with E-state index in [2.05, 4.69) is 0 Å². The molecule has 0 spiro atoms.